The van der Waals surface area contributed by atoms with Crippen molar-refractivity contribution < 1.29 is 9.53 Å². The Balaban J connectivity index is 2.96. The first-order valence-electron chi connectivity index (χ1n) is 5.74. The largest absolute Gasteiger partial charge is 0.491 e. The predicted octanol–water partition coefficient (Wildman–Crippen LogP) is 3.92. The number of ether oxygens (including phenoxy) is 1. The minimum atomic E-state index is -0.544. The molecular weight excluding hydrogens is 236 g/mol. The smallest absolute Gasteiger partial charge is 0.169 e. The van der Waals surface area contributed by atoms with Crippen molar-refractivity contribution in [3.05, 3.63) is 29.8 Å². The summed E-state index contributed by atoms with van der Waals surface area (Å²) >= 11 is 5.81. The van der Waals surface area contributed by atoms with Gasteiger partial charge in [-0.1, -0.05) is 26.0 Å². The van der Waals surface area contributed by atoms with Gasteiger partial charge in [-0.05, 0) is 26.0 Å². The third-order valence-electron chi connectivity index (χ3n) is 2.42. The summed E-state index contributed by atoms with van der Waals surface area (Å²) in [6.07, 6.45) is 0.0985. The number of benzene rings is 1. The first kappa shape index (κ1) is 14.0. The fourth-order valence-corrected chi connectivity index (χ4v) is 1.56. The fraction of sp³-hybridized carbons (Fsp3) is 0.500. The van der Waals surface area contributed by atoms with Crippen LogP contribution in [-0.2, 0) is 0 Å². The van der Waals surface area contributed by atoms with Gasteiger partial charge >= 0.3 is 0 Å². The minimum absolute atomic E-state index is 0.0432. The van der Waals surface area contributed by atoms with E-state index in [9.17, 15) is 4.79 Å². The molecule has 0 fully saturated rings. The Morgan fingerprint density at radius 2 is 2.06 bits per heavy atom. The van der Waals surface area contributed by atoms with Crippen molar-refractivity contribution in [3.8, 4) is 5.75 Å². The molecule has 0 aliphatic carbocycles. The highest BCUT2D eigenvalue weighted by Crippen LogP contribution is 2.25. The molecule has 0 spiro atoms. The predicted molar refractivity (Wildman–Crippen MR) is 71.0 cm³/mol. The summed E-state index contributed by atoms with van der Waals surface area (Å²) in [7, 11) is 0. The van der Waals surface area contributed by atoms with Crippen LogP contribution in [0.2, 0.25) is 0 Å². The molecule has 0 unspecified atom stereocenters. The van der Waals surface area contributed by atoms with Crippen molar-refractivity contribution in [1.29, 1.82) is 0 Å². The first-order valence-corrected chi connectivity index (χ1v) is 6.28. The van der Waals surface area contributed by atoms with Crippen LogP contribution in [-0.4, -0.2) is 17.8 Å². The Morgan fingerprint density at radius 1 is 1.41 bits per heavy atom. The minimum Gasteiger partial charge on any atom is -0.491 e. The topological polar surface area (TPSA) is 26.3 Å². The van der Waals surface area contributed by atoms with Gasteiger partial charge in [0.1, 0.15) is 5.75 Å². The van der Waals surface area contributed by atoms with Gasteiger partial charge in [-0.3, -0.25) is 4.79 Å². The monoisotopic (exact) mass is 254 g/mol. The maximum atomic E-state index is 12.2. The molecule has 2 nitrogen and oxygen atoms in total. The molecule has 1 aromatic rings. The molecule has 0 N–H and O–H groups in total. The Morgan fingerprint density at radius 3 is 2.59 bits per heavy atom. The zero-order valence-electron chi connectivity index (χ0n) is 10.8. The fourth-order valence-electron chi connectivity index (χ4n) is 1.43. The number of halogens is 1. The second-order valence-corrected chi connectivity index (χ2v) is 5.31. The molecule has 3 heteroatoms. The molecular formula is C14H19ClO2. The normalized spacial score (nSPS) is 11.6. The Hall–Kier alpha value is -1.02. The summed E-state index contributed by atoms with van der Waals surface area (Å²) in [4.78, 5) is 12.2. The van der Waals surface area contributed by atoms with E-state index in [-0.39, 0.29) is 11.9 Å². The summed E-state index contributed by atoms with van der Waals surface area (Å²) in [6, 6.07) is 7.25. The van der Waals surface area contributed by atoms with Gasteiger partial charge in [0.05, 0.1) is 6.10 Å². The van der Waals surface area contributed by atoms with E-state index in [1.54, 1.807) is 12.1 Å². The summed E-state index contributed by atoms with van der Waals surface area (Å²) in [5, 5.41) is 0. The first-order chi connectivity index (χ1) is 7.86. The Kier molecular flexibility index (Phi) is 4.58. The Labute approximate surface area is 108 Å². The van der Waals surface area contributed by atoms with E-state index in [2.05, 4.69) is 0 Å². The molecule has 0 aliphatic rings. The molecule has 0 saturated heterocycles. The van der Waals surface area contributed by atoms with E-state index >= 15 is 0 Å². The number of alkyl halides is 1. The van der Waals surface area contributed by atoms with Crippen molar-refractivity contribution >= 4 is 17.4 Å². The molecule has 0 radical (unpaired) electrons. The lowest BCUT2D eigenvalue weighted by Crippen LogP contribution is -2.26. The molecule has 94 valence electrons. The molecule has 0 amide bonds. The Bertz CT molecular complexity index is 397. The van der Waals surface area contributed by atoms with Crippen molar-refractivity contribution in [2.45, 2.75) is 33.8 Å². The van der Waals surface area contributed by atoms with Gasteiger partial charge in [0.2, 0.25) is 0 Å². The van der Waals surface area contributed by atoms with Crippen molar-refractivity contribution in [2.24, 2.45) is 5.41 Å². The van der Waals surface area contributed by atoms with Gasteiger partial charge in [0, 0.05) is 16.9 Å². The lowest BCUT2D eigenvalue weighted by molar-refractivity contribution is 0.0861. The van der Waals surface area contributed by atoms with Crippen LogP contribution in [0.5, 0.6) is 5.75 Å². The van der Waals surface area contributed by atoms with Gasteiger partial charge in [-0.15, -0.1) is 11.6 Å². The zero-order chi connectivity index (χ0) is 13.1. The van der Waals surface area contributed by atoms with Crippen molar-refractivity contribution in [1.82, 2.24) is 0 Å². The van der Waals surface area contributed by atoms with Crippen LogP contribution >= 0.6 is 11.6 Å². The molecule has 0 aliphatic heterocycles. The molecule has 0 aromatic heterocycles. The molecule has 1 aromatic carbocycles. The van der Waals surface area contributed by atoms with Gasteiger partial charge < -0.3 is 4.74 Å². The number of Topliss-reactive ketones (excluding diaryl/α,β-unsaturated/α-hetero) is 1. The van der Waals surface area contributed by atoms with E-state index in [1.165, 1.54) is 0 Å². The van der Waals surface area contributed by atoms with Crippen LogP contribution in [0, 0.1) is 5.41 Å². The number of carbonyl (C=O) groups is 1. The lowest BCUT2D eigenvalue weighted by atomic mass is 9.86. The maximum Gasteiger partial charge on any atom is 0.169 e. The third kappa shape index (κ3) is 3.74. The highest BCUT2D eigenvalue weighted by Gasteiger charge is 2.27. The summed E-state index contributed by atoms with van der Waals surface area (Å²) < 4.78 is 5.57. The van der Waals surface area contributed by atoms with E-state index < -0.39 is 5.41 Å². The zero-order valence-corrected chi connectivity index (χ0v) is 11.5. The molecule has 1 rings (SSSR count). The van der Waals surface area contributed by atoms with Crippen LogP contribution in [0.3, 0.4) is 0 Å². The number of rotatable bonds is 5. The quantitative estimate of drug-likeness (QED) is 0.588. The van der Waals surface area contributed by atoms with Crippen LogP contribution in [0.4, 0.5) is 0 Å². The highest BCUT2D eigenvalue weighted by molar-refractivity contribution is 6.21. The van der Waals surface area contributed by atoms with Gasteiger partial charge in [0.25, 0.3) is 0 Å². The molecule has 0 atom stereocenters. The number of ketones is 1. The second-order valence-electron chi connectivity index (χ2n) is 5.04. The van der Waals surface area contributed by atoms with Crippen molar-refractivity contribution in [3.63, 3.8) is 0 Å². The molecule has 0 bridgehead atoms. The average Bonchev–Trinajstić information content (AvgIpc) is 2.27. The van der Waals surface area contributed by atoms with E-state index in [4.69, 9.17) is 16.3 Å². The van der Waals surface area contributed by atoms with Crippen LogP contribution < -0.4 is 4.74 Å². The summed E-state index contributed by atoms with van der Waals surface area (Å²) in [6.45, 7) is 7.60. The van der Waals surface area contributed by atoms with Gasteiger partial charge in [-0.25, -0.2) is 0 Å². The second kappa shape index (κ2) is 5.54. The van der Waals surface area contributed by atoms with E-state index in [1.807, 2.05) is 39.8 Å². The molecule has 0 heterocycles. The lowest BCUT2D eigenvalue weighted by Gasteiger charge is -2.20. The van der Waals surface area contributed by atoms with Crippen molar-refractivity contribution in [2.75, 3.05) is 5.88 Å². The summed E-state index contributed by atoms with van der Waals surface area (Å²) in [5.41, 5.74) is 0.103. The number of hydrogen-bond donors (Lipinski definition) is 0. The molecule has 0 saturated carbocycles. The average molecular weight is 255 g/mol. The standard InChI is InChI=1S/C14H19ClO2/c1-10(2)17-12-7-5-6-11(8-12)13(16)14(3,4)9-15/h5-8,10H,9H2,1-4H3. The van der Waals surface area contributed by atoms with Gasteiger partial charge in [0.15, 0.2) is 5.78 Å². The van der Waals surface area contributed by atoms with Gasteiger partial charge in [-0.2, -0.15) is 0 Å². The van der Waals surface area contributed by atoms with Crippen LogP contribution in [0.25, 0.3) is 0 Å². The number of carbonyl (C=O) groups excluding carboxylic acids is 1. The maximum absolute atomic E-state index is 12.2. The van der Waals surface area contributed by atoms with Crippen LogP contribution in [0.15, 0.2) is 24.3 Å². The van der Waals surface area contributed by atoms with E-state index in [0.717, 1.165) is 5.75 Å². The highest BCUT2D eigenvalue weighted by atomic mass is 35.5. The number of hydrogen-bond acceptors (Lipinski definition) is 2. The molecule has 17 heavy (non-hydrogen) atoms. The van der Waals surface area contributed by atoms with E-state index in [0.29, 0.717) is 11.4 Å². The SMILES string of the molecule is CC(C)Oc1cccc(C(=O)C(C)(C)CCl)c1. The summed E-state index contributed by atoms with van der Waals surface area (Å²) in [5.74, 6) is 1.07. The van der Waals surface area contributed by atoms with Crippen LogP contribution in [0.1, 0.15) is 38.1 Å². The third-order valence-corrected chi connectivity index (χ3v) is 3.08.